The second-order valence-corrected chi connectivity index (χ2v) is 6.31. The van der Waals surface area contributed by atoms with Gasteiger partial charge in [0.25, 0.3) is 5.91 Å². The van der Waals surface area contributed by atoms with Gasteiger partial charge >= 0.3 is 0 Å². The Morgan fingerprint density at radius 1 is 1.25 bits per heavy atom. The largest absolute Gasteiger partial charge is 0.482 e. The molecule has 0 unspecified atom stereocenters. The molecule has 0 radical (unpaired) electrons. The zero-order valence-electron chi connectivity index (χ0n) is 11.2. The summed E-state index contributed by atoms with van der Waals surface area (Å²) in [4.78, 5) is 11.6. The fraction of sp³-hybridized carbons (Fsp3) is 0.462. The average molecular weight is 341 g/mol. The Morgan fingerprint density at radius 3 is 2.45 bits per heavy atom. The van der Waals surface area contributed by atoms with E-state index >= 15 is 0 Å². The number of amides is 1. The second-order valence-electron chi connectivity index (χ2n) is 5.08. The van der Waals surface area contributed by atoms with Crippen LogP contribution in [0.15, 0.2) is 12.1 Å². The van der Waals surface area contributed by atoms with Crippen LogP contribution in [-0.4, -0.2) is 30.8 Å². The lowest BCUT2D eigenvalue weighted by atomic mass is 9.95. The van der Waals surface area contributed by atoms with Crippen molar-refractivity contribution in [2.75, 3.05) is 19.8 Å². The molecule has 0 saturated heterocycles. The standard InChI is InChI=1S/C13H16Cl3NO3/c1-13(2,7-18)6-17-12(19)5-20-11-4-9(15)8(14)3-10(11)16/h3-4,18H,5-7H2,1-2H3,(H,17,19). The van der Waals surface area contributed by atoms with E-state index in [9.17, 15) is 4.79 Å². The first-order valence-electron chi connectivity index (χ1n) is 5.90. The number of nitrogens with one attached hydrogen (secondary N) is 1. The number of aliphatic hydroxyl groups excluding tert-OH is 1. The molecule has 0 saturated carbocycles. The van der Waals surface area contributed by atoms with Crippen LogP contribution < -0.4 is 10.1 Å². The first-order valence-corrected chi connectivity index (χ1v) is 7.03. The van der Waals surface area contributed by atoms with Crippen LogP contribution in [0.3, 0.4) is 0 Å². The zero-order chi connectivity index (χ0) is 15.3. The third-order valence-corrected chi connectivity index (χ3v) is 3.54. The normalized spacial score (nSPS) is 11.3. The van der Waals surface area contributed by atoms with Crippen molar-refractivity contribution < 1.29 is 14.6 Å². The maximum absolute atomic E-state index is 11.6. The molecule has 0 aliphatic rings. The summed E-state index contributed by atoms with van der Waals surface area (Å²) in [7, 11) is 0. The summed E-state index contributed by atoms with van der Waals surface area (Å²) in [5, 5.41) is 12.6. The van der Waals surface area contributed by atoms with E-state index < -0.39 is 0 Å². The Kier molecular flexibility index (Phi) is 6.40. The van der Waals surface area contributed by atoms with E-state index in [-0.39, 0.29) is 35.3 Å². The van der Waals surface area contributed by atoms with Crippen LogP contribution in [0.1, 0.15) is 13.8 Å². The fourth-order valence-corrected chi connectivity index (χ4v) is 1.79. The molecular weight excluding hydrogens is 325 g/mol. The summed E-state index contributed by atoms with van der Waals surface area (Å²) in [5.74, 6) is -0.0219. The molecule has 0 aliphatic carbocycles. The molecule has 0 aromatic heterocycles. The van der Waals surface area contributed by atoms with Crippen molar-refractivity contribution in [3.8, 4) is 5.75 Å². The van der Waals surface area contributed by atoms with E-state index in [1.54, 1.807) is 0 Å². The highest BCUT2D eigenvalue weighted by Gasteiger charge is 2.17. The Hall–Kier alpha value is -0.680. The highest BCUT2D eigenvalue weighted by molar-refractivity contribution is 6.43. The zero-order valence-corrected chi connectivity index (χ0v) is 13.4. The van der Waals surface area contributed by atoms with Crippen molar-refractivity contribution in [1.82, 2.24) is 5.32 Å². The maximum atomic E-state index is 11.6. The third kappa shape index (κ3) is 5.37. The van der Waals surface area contributed by atoms with Crippen molar-refractivity contribution in [3.05, 3.63) is 27.2 Å². The SMILES string of the molecule is CC(C)(CO)CNC(=O)COc1cc(Cl)c(Cl)cc1Cl. The number of carbonyl (C=O) groups excluding carboxylic acids is 1. The minimum absolute atomic E-state index is 0.0211. The number of aliphatic hydroxyl groups is 1. The molecule has 0 fully saturated rings. The van der Waals surface area contributed by atoms with Crippen molar-refractivity contribution in [2.45, 2.75) is 13.8 Å². The predicted octanol–water partition coefficient (Wildman–Crippen LogP) is 3.16. The predicted molar refractivity (Wildman–Crippen MR) is 80.8 cm³/mol. The van der Waals surface area contributed by atoms with E-state index in [4.69, 9.17) is 44.6 Å². The van der Waals surface area contributed by atoms with Gasteiger partial charge in [0, 0.05) is 24.6 Å². The molecule has 4 nitrogen and oxygen atoms in total. The molecular formula is C13H16Cl3NO3. The van der Waals surface area contributed by atoms with E-state index in [0.717, 1.165) is 0 Å². The summed E-state index contributed by atoms with van der Waals surface area (Å²) < 4.78 is 5.28. The van der Waals surface area contributed by atoms with Gasteiger partial charge in [0.15, 0.2) is 6.61 Å². The molecule has 112 valence electrons. The van der Waals surface area contributed by atoms with Gasteiger partial charge in [-0.15, -0.1) is 0 Å². The first-order chi connectivity index (χ1) is 9.25. The van der Waals surface area contributed by atoms with Crippen LogP contribution in [0.2, 0.25) is 15.1 Å². The van der Waals surface area contributed by atoms with E-state index in [1.165, 1.54) is 12.1 Å². The summed E-state index contributed by atoms with van der Waals surface area (Å²) >= 11 is 17.6. The van der Waals surface area contributed by atoms with Gasteiger partial charge in [-0.25, -0.2) is 0 Å². The number of ether oxygens (including phenoxy) is 1. The van der Waals surface area contributed by atoms with Crippen LogP contribution in [0.4, 0.5) is 0 Å². The Morgan fingerprint density at radius 2 is 1.85 bits per heavy atom. The third-order valence-electron chi connectivity index (χ3n) is 2.53. The maximum Gasteiger partial charge on any atom is 0.257 e. The molecule has 2 N–H and O–H groups in total. The molecule has 20 heavy (non-hydrogen) atoms. The molecule has 1 aromatic rings. The molecule has 7 heteroatoms. The topological polar surface area (TPSA) is 58.6 Å². The van der Waals surface area contributed by atoms with Gasteiger partial charge in [-0.05, 0) is 6.07 Å². The minimum atomic E-state index is -0.378. The van der Waals surface area contributed by atoms with Gasteiger partial charge in [0.1, 0.15) is 5.75 Å². The first kappa shape index (κ1) is 17.4. The lowest BCUT2D eigenvalue weighted by Gasteiger charge is -2.21. The average Bonchev–Trinajstić information content (AvgIpc) is 2.39. The van der Waals surface area contributed by atoms with Gasteiger partial charge in [-0.3, -0.25) is 4.79 Å². The van der Waals surface area contributed by atoms with Crippen LogP contribution in [-0.2, 0) is 4.79 Å². The Balaban J connectivity index is 2.51. The minimum Gasteiger partial charge on any atom is -0.482 e. The van der Waals surface area contributed by atoms with Crippen LogP contribution in [0, 0.1) is 5.41 Å². The molecule has 0 atom stereocenters. The number of carbonyl (C=O) groups is 1. The molecule has 1 aromatic carbocycles. The van der Waals surface area contributed by atoms with Crippen molar-refractivity contribution in [3.63, 3.8) is 0 Å². The molecule has 0 heterocycles. The molecule has 1 amide bonds. The van der Waals surface area contributed by atoms with Crippen LogP contribution in [0.25, 0.3) is 0 Å². The number of hydrogen-bond acceptors (Lipinski definition) is 3. The molecule has 0 bridgehead atoms. The molecule has 0 spiro atoms. The van der Waals surface area contributed by atoms with E-state index in [2.05, 4.69) is 5.32 Å². The molecule has 1 rings (SSSR count). The van der Waals surface area contributed by atoms with Gasteiger partial charge < -0.3 is 15.2 Å². The number of halogens is 3. The second kappa shape index (κ2) is 7.36. The Labute approximate surface area is 133 Å². The summed E-state index contributed by atoms with van der Waals surface area (Å²) in [6.45, 7) is 3.81. The van der Waals surface area contributed by atoms with Gasteiger partial charge in [0.2, 0.25) is 0 Å². The quantitative estimate of drug-likeness (QED) is 0.782. The number of rotatable bonds is 6. The molecule has 0 aliphatic heterocycles. The monoisotopic (exact) mass is 339 g/mol. The summed E-state index contributed by atoms with van der Waals surface area (Å²) in [6, 6.07) is 2.91. The highest BCUT2D eigenvalue weighted by Crippen LogP contribution is 2.33. The number of benzene rings is 1. The van der Waals surface area contributed by atoms with Gasteiger partial charge in [0.05, 0.1) is 15.1 Å². The Bertz CT molecular complexity index is 492. The lowest BCUT2D eigenvalue weighted by Crippen LogP contribution is -2.38. The fourth-order valence-electron chi connectivity index (χ4n) is 1.20. The van der Waals surface area contributed by atoms with E-state index in [1.807, 2.05) is 13.8 Å². The summed E-state index contributed by atoms with van der Waals surface area (Å²) in [6.07, 6.45) is 0. The van der Waals surface area contributed by atoms with Crippen molar-refractivity contribution in [2.24, 2.45) is 5.41 Å². The van der Waals surface area contributed by atoms with Gasteiger partial charge in [-0.2, -0.15) is 0 Å². The smallest absolute Gasteiger partial charge is 0.257 e. The van der Waals surface area contributed by atoms with Gasteiger partial charge in [-0.1, -0.05) is 48.7 Å². The lowest BCUT2D eigenvalue weighted by molar-refractivity contribution is -0.123. The van der Waals surface area contributed by atoms with Crippen molar-refractivity contribution >= 4 is 40.7 Å². The van der Waals surface area contributed by atoms with E-state index in [0.29, 0.717) is 16.6 Å². The van der Waals surface area contributed by atoms with Crippen molar-refractivity contribution in [1.29, 1.82) is 0 Å². The highest BCUT2D eigenvalue weighted by atomic mass is 35.5. The van der Waals surface area contributed by atoms with Crippen LogP contribution in [0.5, 0.6) is 5.75 Å². The van der Waals surface area contributed by atoms with Crippen LogP contribution >= 0.6 is 34.8 Å². The number of hydrogen-bond donors (Lipinski definition) is 2. The summed E-state index contributed by atoms with van der Waals surface area (Å²) in [5.41, 5.74) is -0.378.